The van der Waals surface area contributed by atoms with E-state index >= 15 is 0 Å². The van der Waals surface area contributed by atoms with Crippen LogP contribution in [0, 0.1) is 10.1 Å². The number of aliphatic imine (C=N–C) groups is 1. The fourth-order valence-electron chi connectivity index (χ4n) is 0.876. The van der Waals surface area contributed by atoms with Crippen LogP contribution in [0.1, 0.15) is 4.88 Å². The van der Waals surface area contributed by atoms with Crippen LogP contribution < -0.4 is 0 Å². The van der Waals surface area contributed by atoms with Crippen LogP contribution >= 0.6 is 23.6 Å². The van der Waals surface area contributed by atoms with E-state index in [2.05, 4.69) is 27.4 Å². The molecule has 0 N–H and O–H groups in total. The van der Waals surface area contributed by atoms with Crippen LogP contribution in [0.4, 0.5) is 5.00 Å². The average molecular weight is 226 g/mol. The number of nitrogens with zero attached hydrogens (tertiary/aromatic N) is 4. The van der Waals surface area contributed by atoms with Crippen molar-refractivity contribution in [1.82, 2.24) is 0 Å². The Morgan fingerprint density at radius 2 is 2.21 bits per heavy atom. The third-order valence-electron chi connectivity index (χ3n) is 1.42. The van der Waals surface area contributed by atoms with Gasteiger partial charge in [-0.1, -0.05) is 11.3 Å². The molecule has 2 rings (SSSR count). The Bertz CT molecular complexity index is 476. The quantitative estimate of drug-likeness (QED) is 0.440. The van der Waals surface area contributed by atoms with Gasteiger partial charge in [-0.15, -0.1) is 10.2 Å². The van der Waals surface area contributed by atoms with Gasteiger partial charge in [-0.2, -0.15) is 4.99 Å². The molecule has 1 aliphatic heterocycles. The van der Waals surface area contributed by atoms with Gasteiger partial charge in [0.05, 0.1) is 9.80 Å². The first kappa shape index (κ1) is 9.03. The van der Waals surface area contributed by atoms with Crippen LogP contribution in [0.3, 0.4) is 0 Å². The smallest absolute Gasteiger partial charge is 0.258 e. The molecule has 0 unspecified atom stereocenters. The third kappa shape index (κ3) is 1.56. The van der Waals surface area contributed by atoms with Crippen molar-refractivity contribution in [3.05, 3.63) is 27.1 Å². The van der Waals surface area contributed by atoms with Crippen LogP contribution in [0.15, 0.2) is 27.4 Å². The first-order valence-electron chi connectivity index (χ1n) is 3.46. The fraction of sp³-hybridized carbons (Fsp3) is 0. The van der Waals surface area contributed by atoms with Gasteiger partial charge in [0.15, 0.2) is 5.84 Å². The first-order valence-corrected chi connectivity index (χ1v) is 4.68. The van der Waals surface area contributed by atoms with E-state index in [-0.39, 0.29) is 10.1 Å². The van der Waals surface area contributed by atoms with Crippen molar-refractivity contribution in [1.29, 1.82) is 0 Å². The predicted octanol–water partition coefficient (Wildman–Crippen LogP) is 2.15. The van der Waals surface area contributed by atoms with Crippen molar-refractivity contribution in [2.24, 2.45) is 15.2 Å². The van der Waals surface area contributed by atoms with Gasteiger partial charge in [-0.25, -0.2) is 0 Å². The largest absolute Gasteiger partial charge is 0.324 e. The molecule has 6 nitrogen and oxygen atoms in total. The lowest BCUT2D eigenvalue weighted by Crippen LogP contribution is -1.88. The molecule has 0 saturated heterocycles. The maximum absolute atomic E-state index is 10.4. The van der Waals surface area contributed by atoms with Gasteiger partial charge in [-0.05, 0) is 18.3 Å². The van der Waals surface area contributed by atoms with E-state index in [0.717, 1.165) is 11.3 Å². The van der Waals surface area contributed by atoms with E-state index in [1.54, 1.807) is 6.07 Å². The van der Waals surface area contributed by atoms with Gasteiger partial charge >= 0.3 is 5.00 Å². The van der Waals surface area contributed by atoms with E-state index in [4.69, 9.17) is 0 Å². The second-order valence-corrected chi connectivity index (χ2v) is 3.74. The van der Waals surface area contributed by atoms with Gasteiger partial charge in [0.2, 0.25) is 5.11 Å². The lowest BCUT2D eigenvalue weighted by molar-refractivity contribution is -0.380. The Morgan fingerprint density at radius 1 is 1.43 bits per heavy atom. The fourth-order valence-corrected chi connectivity index (χ4v) is 1.75. The number of thiocarbonyl (C=S) groups is 1. The van der Waals surface area contributed by atoms with Gasteiger partial charge < -0.3 is 0 Å². The highest BCUT2D eigenvalue weighted by molar-refractivity contribution is 7.80. The molecule has 1 aromatic heterocycles. The number of amidine groups is 1. The van der Waals surface area contributed by atoms with Crippen LogP contribution in [0.5, 0.6) is 0 Å². The van der Waals surface area contributed by atoms with Crippen LogP contribution in [-0.4, -0.2) is 15.9 Å². The summed E-state index contributed by atoms with van der Waals surface area (Å²) in [5, 5.41) is 17.8. The molecule has 0 fully saturated rings. The maximum Gasteiger partial charge on any atom is 0.324 e. The SMILES string of the molecule is O=[N+]([O-])c1ccc(C2=NC(=S)N=N2)s1. The molecule has 0 bridgehead atoms. The van der Waals surface area contributed by atoms with Gasteiger partial charge in [-0.3, -0.25) is 10.1 Å². The maximum atomic E-state index is 10.4. The van der Waals surface area contributed by atoms with Gasteiger partial charge in [0, 0.05) is 6.07 Å². The standard InChI is InChI=1S/C6H2N4O2S2/c11-10(12)4-2-1-3(14-4)5-7-6(13)9-8-5/h1-2H. The van der Waals surface area contributed by atoms with Crippen molar-refractivity contribution < 1.29 is 4.92 Å². The molecule has 0 saturated carbocycles. The summed E-state index contributed by atoms with van der Waals surface area (Å²) in [6.07, 6.45) is 0. The van der Waals surface area contributed by atoms with Crippen LogP contribution in [-0.2, 0) is 0 Å². The number of nitro groups is 1. The summed E-state index contributed by atoms with van der Waals surface area (Å²) in [6, 6.07) is 2.98. The van der Waals surface area contributed by atoms with E-state index in [9.17, 15) is 10.1 Å². The number of azo groups is 1. The molecule has 0 aliphatic carbocycles. The van der Waals surface area contributed by atoms with Crippen molar-refractivity contribution >= 4 is 39.5 Å². The van der Waals surface area contributed by atoms with Crippen molar-refractivity contribution in [2.45, 2.75) is 0 Å². The molecule has 1 aliphatic rings. The highest BCUT2D eigenvalue weighted by Crippen LogP contribution is 2.25. The molecule has 2 heterocycles. The first-order chi connectivity index (χ1) is 6.66. The van der Waals surface area contributed by atoms with Crippen molar-refractivity contribution in [2.75, 3.05) is 0 Å². The zero-order valence-electron chi connectivity index (χ0n) is 6.58. The Kier molecular flexibility index (Phi) is 2.14. The normalized spacial score (nSPS) is 14.6. The molecular formula is C6H2N4O2S2. The summed E-state index contributed by atoms with van der Waals surface area (Å²) in [5.74, 6) is 0.341. The lowest BCUT2D eigenvalue weighted by Gasteiger charge is -1.84. The molecule has 0 amide bonds. The Hall–Kier alpha value is -1.54. The molecule has 0 radical (unpaired) electrons. The molecule has 14 heavy (non-hydrogen) atoms. The van der Waals surface area contributed by atoms with Gasteiger partial charge in [0.1, 0.15) is 0 Å². The highest BCUT2D eigenvalue weighted by atomic mass is 32.1. The zero-order valence-corrected chi connectivity index (χ0v) is 8.21. The molecule has 0 atom stereocenters. The number of thiophene rings is 1. The summed E-state index contributed by atoms with van der Waals surface area (Å²) in [7, 11) is 0. The van der Waals surface area contributed by atoms with Crippen molar-refractivity contribution in [3.8, 4) is 0 Å². The summed E-state index contributed by atoms with van der Waals surface area (Å²) < 4.78 is 0. The number of hydrogen-bond acceptors (Lipinski definition) is 5. The number of rotatable bonds is 2. The Balaban J connectivity index is 2.35. The minimum atomic E-state index is -0.459. The molecule has 0 spiro atoms. The summed E-state index contributed by atoms with van der Waals surface area (Å²) in [6.45, 7) is 0. The molecule has 0 aromatic carbocycles. The average Bonchev–Trinajstić information content (AvgIpc) is 2.70. The molecule has 8 heteroatoms. The van der Waals surface area contributed by atoms with E-state index in [1.165, 1.54) is 6.07 Å². The Morgan fingerprint density at radius 3 is 2.71 bits per heavy atom. The molecular weight excluding hydrogens is 224 g/mol. The number of hydrogen-bond donors (Lipinski definition) is 0. The minimum Gasteiger partial charge on any atom is -0.258 e. The third-order valence-corrected chi connectivity index (χ3v) is 2.63. The van der Waals surface area contributed by atoms with Crippen LogP contribution in [0.25, 0.3) is 0 Å². The summed E-state index contributed by atoms with van der Waals surface area (Å²) in [4.78, 5) is 14.4. The van der Waals surface area contributed by atoms with E-state index in [1.807, 2.05) is 0 Å². The zero-order chi connectivity index (χ0) is 10.1. The van der Waals surface area contributed by atoms with Crippen molar-refractivity contribution in [3.63, 3.8) is 0 Å². The molecule has 70 valence electrons. The predicted molar refractivity (Wildman–Crippen MR) is 55.0 cm³/mol. The van der Waals surface area contributed by atoms with E-state index < -0.39 is 4.92 Å². The lowest BCUT2D eigenvalue weighted by atomic mass is 10.4. The minimum absolute atomic E-state index is 0.0516. The second-order valence-electron chi connectivity index (χ2n) is 2.31. The topological polar surface area (TPSA) is 80.2 Å². The second kappa shape index (κ2) is 3.31. The Labute approximate surface area is 87.1 Å². The monoisotopic (exact) mass is 226 g/mol. The van der Waals surface area contributed by atoms with Crippen LogP contribution in [0.2, 0.25) is 0 Å². The molecule has 1 aromatic rings. The summed E-state index contributed by atoms with van der Waals surface area (Å²) >= 11 is 5.67. The summed E-state index contributed by atoms with van der Waals surface area (Å²) in [5.41, 5.74) is 0. The highest BCUT2D eigenvalue weighted by Gasteiger charge is 2.16. The van der Waals surface area contributed by atoms with Gasteiger partial charge in [0.25, 0.3) is 0 Å². The van der Waals surface area contributed by atoms with E-state index in [0.29, 0.717) is 10.7 Å².